The maximum atomic E-state index is 12.7. The van der Waals surface area contributed by atoms with E-state index >= 15 is 0 Å². The van der Waals surface area contributed by atoms with Crippen LogP contribution in [0.1, 0.15) is 26.4 Å². The number of nitrogens with zero attached hydrogens (tertiary/aromatic N) is 5. The molecule has 0 spiro atoms. The molecular weight excluding hydrogens is 921 g/mol. The van der Waals surface area contributed by atoms with E-state index in [1.165, 1.54) is 19.3 Å². The number of phenols is 1. The monoisotopic (exact) mass is 940 g/mol. The molecular formula is C29H20BrF7N5O4PPt-2. The topological polar surface area (TPSA) is 131 Å². The summed E-state index contributed by atoms with van der Waals surface area (Å²) in [5.41, 5.74) is 3.42. The number of hydrogen-bond donors (Lipinski definition) is 2. The molecule has 0 atom stereocenters. The second kappa shape index (κ2) is 13.4. The van der Waals surface area contributed by atoms with Crippen molar-refractivity contribution in [3.8, 4) is 11.5 Å². The largest absolute Gasteiger partial charge is 0.246 e. The smallest absolute Gasteiger partial charge is 0.141 e. The summed E-state index contributed by atoms with van der Waals surface area (Å²) in [4.78, 5) is 42.8. The van der Waals surface area contributed by atoms with E-state index in [1.54, 1.807) is 54.7 Å². The third-order valence-corrected chi connectivity index (χ3v) is 6.61. The third kappa shape index (κ3) is 9.91. The number of imide groups is 1. The quantitative estimate of drug-likeness (QED) is 0.0669. The molecule has 5 heterocycles. The summed E-state index contributed by atoms with van der Waals surface area (Å²) in [5, 5.41) is 20.4. The zero-order chi connectivity index (χ0) is 35.0. The molecule has 48 heavy (non-hydrogen) atoms. The zero-order valence-corrected chi connectivity index (χ0v) is 28.9. The molecule has 9 nitrogen and oxygen atoms in total. The number of fused-ring (bicyclic) bond motifs is 8. The molecule has 2 amide bonds. The number of hydrogen-bond acceptors (Lipinski definition) is 7. The molecule has 6 aromatic rings. The molecule has 1 aliphatic rings. The van der Waals surface area contributed by atoms with E-state index in [-0.39, 0.29) is 50.2 Å². The molecule has 0 saturated heterocycles. The first-order valence-corrected chi connectivity index (χ1v) is 15.7. The van der Waals surface area contributed by atoms with E-state index in [9.17, 15) is 44.3 Å². The second-order valence-corrected chi connectivity index (χ2v) is 12.5. The first-order valence-electron chi connectivity index (χ1n) is 12.9. The zero-order valence-electron chi connectivity index (χ0n) is 24.2. The van der Waals surface area contributed by atoms with Gasteiger partial charge in [0.1, 0.15) is 21.9 Å². The van der Waals surface area contributed by atoms with Crippen LogP contribution >= 0.6 is 23.7 Å². The van der Waals surface area contributed by atoms with Crippen LogP contribution < -0.4 is 4.98 Å². The molecule has 0 bridgehead atoms. The van der Waals surface area contributed by atoms with Crippen molar-refractivity contribution in [2.75, 3.05) is 7.05 Å². The summed E-state index contributed by atoms with van der Waals surface area (Å²) in [6.45, 7) is 1.87. The molecule has 0 unspecified atom stereocenters. The number of benzene rings is 2. The summed E-state index contributed by atoms with van der Waals surface area (Å²) < 4.78 is 71.8. The van der Waals surface area contributed by atoms with Crippen LogP contribution in [0.4, 0.5) is 29.6 Å². The average Bonchev–Trinajstić information content (AvgIpc) is 3.46. The fraction of sp³-hybridized carbons (Fsp3) is 0.0690. The standard InChI is InChI=1S/C18H11N3O3.C6H7NO.C5H3BrFN.F6P.Pt/c1-21-17(23)13-9-3-2-6-19-15(9)16-12(14(13)18(21)24)10-7-8(22)4-5-11(10)20-16;1-5-2-3-6(8)4-7-5;6-5-2-1-4(7)3-8-5;1-7(2,3,4,5)6;/h2-7H,1H3,(H2,19,20,22,23,24);2-4,8H,1H3;1-3H;;/q;;;-1;/p-1. The number of carbonyl (C=O) groups is 2. The van der Waals surface area contributed by atoms with Gasteiger partial charge in [-0.2, -0.15) is 6.20 Å². The van der Waals surface area contributed by atoms with Crippen LogP contribution in [0.3, 0.4) is 0 Å². The molecule has 0 fully saturated rings. The van der Waals surface area contributed by atoms with Crippen LogP contribution in [0.5, 0.6) is 11.5 Å². The molecule has 0 radical (unpaired) electrons. The van der Waals surface area contributed by atoms with Gasteiger partial charge in [0.15, 0.2) is 0 Å². The Balaban J connectivity index is 0.000000214. The second-order valence-electron chi connectivity index (χ2n) is 9.77. The molecule has 2 N–H and O–H groups in total. The van der Waals surface area contributed by atoms with E-state index in [0.717, 1.165) is 16.8 Å². The maximum absolute atomic E-state index is 12.7. The van der Waals surface area contributed by atoms with Crippen LogP contribution in [0, 0.1) is 12.7 Å². The number of rotatable bonds is 0. The van der Waals surface area contributed by atoms with Gasteiger partial charge < -0.3 is 15.2 Å². The van der Waals surface area contributed by atoms with Crippen molar-refractivity contribution in [2.24, 2.45) is 0 Å². The number of aromatic hydroxyl groups is 2. The van der Waals surface area contributed by atoms with Crippen molar-refractivity contribution in [2.45, 2.75) is 6.92 Å². The van der Waals surface area contributed by atoms with Crippen molar-refractivity contribution >= 4 is 68.3 Å². The first-order chi connectivity index (χ1) is 21.6. The fourth-order valence-electron chi connectivity index (χ4n) is 4.29. The van der Waals surface area contributed by atoms with Crippen LogP contribution in [0.25, 0.3) is 32.7 Å². The Kier molecular flexibility index (Phi) is 10.6. The molecule has 0 saturated carbocycles. The van der Waals surface area contributed by atoms with Gasteiger partial charge in [0.2, 0.25) is 0 Å². The Bertz CT molecular complexity index is 2060. The number of amides is 2. The van der Waals surface area contributed by atoms with Gasteiger partial charge in [0.25, 0.3) is 11.8 Å². The van der Waals surface area contributed by atoms with Crippen molar-refractivity contribution in [3.63, 3.8) is 0 Å². The summed E-state index contributed by atoms with van der Waals surface area (Å²) in [6.07, 6.45) is 4.22. The van der Waals surface area contributed by atoms with Gasteiger partial charge in [-0.3, -0.25) is 19.5 Å². The van der Waals surface area contributed by atoms with Gasteiger partial charge in [-0.05, 0) is 70.7 Å². The normalized spacial score (nSPS) is 13.6. The van der Waals surface area contributed by atoms with Crippen molar-refractivity contribution < 1.29 is 70.4 Å². The van der Waals surface area contributed by atoms with Gasteiger partial charge in [0.05, 0.1) is 34.6 Å². The van der Waals surface area contributed by atoms with E-state index in [1.807, 2.05) is 6.92 Å². The SMILES string of the molecule is CN1C(=O)c2c(c3c4cc(O)ccc4nc3c3[n-]cccc23)C1=O.Cc1ccc(O)cn1.F[P-](F)(F)(F)(F)F.Fc1ccc(Br)nc1.[Pt]. The molecule has 0 aliphatic carbocycles. The number of carbonyl (C=O) groups excluding carboxylic acids is 2. The minimum absolute atomic E-state index is 0. The van der Waals surface area contributed by atoms with Gasteiger partial charge in [-0.15, -0.1) is 5.52 Å². The van der Waals surface area contributed by atoms with Gasteiger partial charge >= 0.3 is 33.0 Å². The molecule has 258 valence electrons. The molecule has 19 heteroatoms. The molecule has 7 rings (SSSR count). The van der Waals surface area contributed by atoms with E-state index < -0.39 is 7.81 Å². The third-order valence-electron chi connectivity index (χ3n) is 6.14. The van der Waals surface area contributed by atoms with Gasteiger partial charge in [-0.1, -0.05) is 12.1 Å². The Labute approximate surface area is 288 Å². The average molecular weight is 941 g/mol. The molecule has 2 aromatic carbocycles. The van der Waals surface area contributed by atoms with E-state index in [0.29, 0.717) is 48.4 Å². The van der Waals surface area contributed by atoms with Crippen LogP contribution in [-0.2, 0) is 21.1 Å². The van der Waals surface area contributed by atoms with Gasteiger partial charge in [0, 0.05) is 44.6 Å². The predicted octanol–water partition coefficient (Wildman–Crippen LogP) is 8.89. The van der Waals surface area contributed by atoms with Crippen molar-refractivity contribution in [3.05, 3.63) is 100 Å². The van der Waals surface area contributed by atoms with Crippen LogP contribution in [0.15, 0.2) is 77.8 Å². The van der Waals surface area contributed by atoms with Crippen molar-refractivity contribution in [1.82, 2.24) is 24.8 Å². The Morgan fingerprint density at radius 2 is 1.46 bits per heavy atom. The Morgan fingerprint density at radius 3 is 2.00 bits per heavy atom. The van der Waals surface area contributed by atoms with Crippen molar-refractivity contribution in [1.29, 1.82) is 0 Å². The van der Waals surface area contributed by atoms with Gasteiger partial charge in [-0.25, -0.2) is 14.4 Å². The fourth-order valence-corrected chi connectivity index (χ4v) is 4.52. The number of aromatic nitrogens is 4. The Hall–Kier alpha value is -4.20. The minimum Gasteiger partial charge on any atom is -0.246 e. The summed E-state index contributed by atoms with van der Waals surface area (Å²) in [7, 11) is -9.19. The van der Waals surface area contributed by atoms with E-state index in [2.05, 4.69) is 35.9 Å². The molecule has 1 aliphatic heterocycles. The Morgan fingerprint density at radius 1 is 0.833 bits per heavy atom. The summed E-state index contributed by atoms with van der Waals surface area (Å²) in [5.74, 6) is -0.714. The maximum Gasteiger partial charge on any atom is 0.141 e. The van der Waals surface area contributed by atoms with Crippen LogP contribution in [-0.4, -0.2) is 48.9 Å². The number of halogens is 8. The molecule has 4 aromatic heterocycles. The minimum atomic E-state index is -10.7. The number of aryl methyl sites for hydroxylation is 1. The number of pyridine rings is 3. The summed E-state index contributed by atoms with van der Waals surface area (Å²) in [6, 6.07) is 14.6. The van der Waals surface area contributed by atoms with Crippen LogP contribution in [0.2, 0.25) is 0 Å². The number of phenolic OH excluding ortho intramolecular Hbond substituents is 1. The first kappa shape index (κ1) is 38.2. The predicted molar refractivity (Wildman–Crippen MR) is 164 cm³/mol. The van der Waals surface area contributed by atoms with E-state index in [4.69, 9.17) is 5.11 Å². The summed E-state index contributed by atoms with van der Waals surface area (Å²) >= 11 is 3.07.